The summed E-state index contributed by atoms with van der Waals surface area (Å²) in [5, 5.41) is 16.8. The molecule has 1 amide bonds. The van der Waals surface area contributed by atoms with E-state index in [4.69, 9.17) is 16.3 Å². The second-order valence-corrected chi connectivity index (χ2v) is 9.91. The van der Waals surface area contributed by atoms with E-state index >= 15 is 0 Å². The van der Waals surface area contributed by atoms with E-state index < -0.39 is 0 Å². The fourth-order valence-corrected chi connectivity index (χ4v) is 5.28. The number of H-pyrrole nitrogens is 1. The highest BCUT2D eigenvalue weighted by atomic mass is 35.5. The number of amides is 1. The van der Waals surface area contributed by atoms with Crippen LogP contribution in [0.3, 0.4) is 0 Å². The number of aromatic amines is 1. The number of pyridine rings is 1. The largest absolute Gasteiger partial charge is 0.496 e. The lowest BCUT2D eigenvalue weighted by molar-refractivity contribution is 0.102. The van der Waals surface area contributed by atoms with E-state index in [2.05, 4.69) is 20.6 Å². The Morgan fingerprint density at radius 2 is 1.87 bits per heavy atom. The number of halogens is 1. The van der Waals surface area contributed by atoms with Gasteiger partial charge in [-0.1, -0.05) is 23.7 Å². The van der Waals surface area contributed by atoms with Gasteiger partial charge in [0.25, 0.3) is 5.91 Å². The Bertz CT molecular complexity index is 1480. The number of ketones is 1. The highest BCUT2D eigenvalue weighted by Crippen LogP contribution is 2.33. The highest BCUT2D eigenvalue weighted by Gasteiger charge is 2.24. The molecule has 2 heterocycles. The summed E-state index contributed by atoms with van der Waals surface area (Å²) < 4.78 is 5.27. The summed E-state index contributed by atoms with van der Waals surface area (Å²) in [5.41, 5.74) is 3.09. The lowest BCUT2D eigenvalue weighted by Gasteiger charge is -2.29. The van der Waals surface area contributed by atoms with Crippen LogP contribution >= 0.6 is 11.6 Å². The lowest BCUT2D eigenvalue weighted by atomic mass is 9.86. The maximum atomic E-state index is 13.6. The van der Waals surface area contributed by atoms with Gasteiger partial charge in [-0.05, 0) is 68.0 Å². The number of anilines is 2. The third kappa shape index (κ3) is 5.23. The Hall–Kier alpha value is -3.88. The van der Waals surface area contributed by atoms with Gasteiger partial charge in [-0.3, -0.25) is 9.59 Å². The molecule has 8 nitrogen and oxygen atoms in total. The van der Waals surface area contributed by atoms with Crippen molar-refractivity contribution in [1.82, 2.24) is 9.97 Å². The van der Waals surface area contributed by atoms with Gasteiger partial charge in [-0.25, -0.2) is 4.98 Å². The van der Waals surface area contributed by atoms with Crippen molar-refractivity contribution >= 4 is 45.7 Å². The number of benzene rings is 2. The molecule has 1 saturated carbocycles. The number of aliphatic hydroxyl groups excluding tert-OH is 1. The zero-order valence-corrected chi connectivity index (χ0v) is 21.7. The van der Waals surface area contributed by atoms with E-state index in [-0.39, 0.29) is 29.4 Å². The smallest absolute Gasteiger partial charge is 0.259 e. The molecule has 0 atom stereocenters. The molecule has 9 heteroatoms. The summed E-state index contributed by atoms with van der Waals surface area (Å²) in [7, 11) is 1.51. The molecule has 4 N–H and O–H groups in total. The molecule has 2 aromatic carbocycles. The van der Waals surface area contributed by atoms with Gasteiger partial charge in [0.2, 0.25) is 0 Å². The second-order valence-electron chi connectivity index (χ2n) is 9.51. The third-order valence-corrected chi connectivity index (χ3v) is 7.42. The average molecular weight is 533 g/mol. The molecular weight excluding hydrogens is 504 g/mol. The first-order valence-electron chi connectivity index (χ1n) is 12.6. The third-order valence-electron chi connectivity index (χ3n) is 7.11. The van der Waals surface area contributed by atoms with Gasteiger partial charge in [0.15, 0.2) is 5.78 Å². The van der Waals surface area contributed by atoms with Crippen LogP contribution in [-0.4, -0.2) is 46.5 Å². The number of methoxy groups -OCH3 is 1. The molecule has 2 aromatic heterocycles. The van der Waals surface area contributed by atoms with Crippen LogP contribution in [0.25, 0.3) is 11.0 Å². The van der Waals surface area contributed by atoms with E-state index in [0.717, 1.165) is 31.4 Å². The summed E-state index contributed by atoms with van der Waals surface area (Å²) in [5.74, 6) is 0.231. The van der Waals surface area contributed by atoms with Crippen LogP contribution in [0, 0.1) is 5.92 Å². The number of aliphatic hydroxyl groups is 1. The van der Waals surface area contributed by atoms with Crippen LogP contribution in [0.4, 0.5) is 11.4 Å². The van der Waals surface area contributed by atoms with Crippen LogP contribution in [-0.2, 0) is 0 Å². The Kier molecular flexibility index (Phi) is 7.62. The van der Waals surface area contributed by atoms with Crippen molar-refractivity contribution in [1.29, 1.82) is 0 Å². The Morgan fingerprint density at radius 3 is 2.61 bits per heavy atom. The van der Waals surface area contributed by atoms with E-state index in [9.17, 15) is 14.7 Å². The molecule has 0 saturated heterocycles. The van der Waals surface area contributed by atoms with Crippen LogP contribution in [0.15, 0.2) is 60.9 Å². The number of fused-ring (bicyclic) bond motifs is 1. The minimum atomic E-state index is -0.343. The molecule has 0 spiro atoms. The summed E-state index contributed by atoms with van der Waals surface area (Å²) in [6.45, 7) is 0.229. The Morgan fingerprint density at radius 1 is 1.08 bits per heavy atom. The quantitative estimate of drug-likeness (QED) is 0.217. The summed E-state index contributed by atoms with van der Waals surface area (Å²) in [6.07, 6.45) is 7.21. The van der Waals surface area contributed by atoms with Crippen molar-refractivity contribution < 1.29 is 19.4 Å². The van der Waals surface area contributed by atoms with Crippen molar-refractivity contribution in [3.8, 4) is 5.75 Å². The van der Waals surface area contributed by atoms with Crippen molar-refractivity contribution in [3.05, 3.63) is 82.6 Å². The van der Waals surface area contributed by atoms with Crippen molar-refractivity contribution in [2.24, 2.45) is 5.92 Å². The first-order chi connectivity index (χ1) is 18.5. The number of hydrogen-bond acceptors (Lipinski definition) is 6. The zero-order valence-electron chi connectivity index (χ0n) is 21.0. The zero-order chi connectivity index (χ0) is 26.6. The van der Waals surface area contributed by atoms with Crippen LogP contribution in [0.1, 0.15) is 52.0 Å². The molecule has 196 valence electrons. The lowest BCUT2D eigenvalue weighted by Crippen LogP contribution is -2.27. The molecule has 1 aliphatic rings. The molecular formula is C29H29ClN4O4. The number of nitrogens with zero attached hydrogens (tertiary/aromatic N) is 1. The number of hydrogen-bond donors (Lipinski definition) is 4. The van der Waals surface area contributed by atoms with Gasteiger partial charge in [0.1, 0.15) is 11.4 Å². The van der Waals surface area contributed by atoms with E-state index in [0.29, 0.717) is 45.1 Å². The average Bonchev–Trinajstić information content (AvgIpc) is 3.38. The van der Waals surface area contributed by atoms with Gasteiger partial charge >= 0.3 is 0 Å². The molecule has 5 rings (SSSR count). The predicted octanol–water partition coefficient (Wildman–Crippen LogP) is 5.67. The van der Waals surface area contributed by atoms with Gasteiger partial charge in [-0.15, -0.1) is 0 Å². The van der Waals surface area contributed by atoms with Gasteiger partial charge in [0, 0.05) is 42.0 Å². The number of rotatable bonds is 8. The summed E-state index contributed by atoms with van der Waals surface area (Å²) in [6, 6.07) is 13.9. The van der Waals surface area contributed by atoms with E-state index in [1.54, 1.807) is 54.9 Å². The van der Waals surface area contributed by atoms with Crippen LogP contribution < -0.4 is 15.4 Å². The number of ether oxygens (including phenoxy) is 1. The molecule has 1 aliphatic carbocycles. The monoisotopic (exact) mass is 532 g/mol. The standard InChI is InChI=1S/C29H29ClN4O4/c1-38-25-5-3-2-4-21(25)29(37)34-19-10-11-20(23(30)14-19)27(36)22-15-32-28-26(22)24(12-13-31-28)33-18-8-6-17(16-35)7-9-18/h2-5,10-15,17-18,35H,6-9,16H2,1H3,(H,34,37)(H2,31,32,33)/t17-,18-. The molecule has 0 unspecified atom stereocenters. The van der Waals surface area contributed by atoms with Crippen LogP contribution in [0.2, 0.25) is 5.02 Å². The normalized spacial score (nSPS) is 17.2. The first kappa shape index (κ1) is 25.8. The maximum absolute atomic E-state index is 13.6. The Labute approximate surface area is 225 Å². The SMILES string of the molecule is COc1ccccc1C(=O)Nc1ccc(C(=O)c2c[nH]c3nccc(N[C@H]4CC[C@H](CO)CC4)c23)c(Cl)c1. The Balaban J connectivity index is 1.37. The first-order valence-corrected chi connectivity index (χ1v) is 13.0. The number of para-hydroxylation sites is 1. The maximum Gasteiger partial charge on any atom is 0.259 e. The number of carbonyl (C=O) groups excluding carboxylic acids is 2. The highest BCUT2D eigenvalue weighted by molar-refractivity contribution is 6.36. The topological polar surface area (TPSA) is 116 Å². The van der Waals surface area contributed by atoms with Crippen molar-refractivity contribution in [3.63, 3.8) is 0 Å². The second kappa shape index (κ2) is 11.2. The van der Waals surface area contributed by atoms with Gasteiger partial charge in [-0.2, -0.15) is 0 Å². The minimum absolute atomic E-state index is 0.225. The fraction of sp³-hybridized carbons (Fsp3) is 0.276. The number of carbonyl (C=O) groups is 2. The van der Waals surface area contributed by atoms with Crippen molar-refractivity contribution in [2.75, 3.05) is 24.4 Å². The summed E-state index contributed by atoms with van der Waals surface area (Å²) >= 11 is 6.54. The fourth-order valence-electron chi connectivity index (χ4n) is 5.02. The molecule has 0 aliphatic heterocycles. The van der Waals surface area contributed by atoms with Crippen LogP contribution in [0.5, 0.6) is 5.75 Å². The molecule has 38 heavy (non-hydrogen) atoms. The predicted molar refractivity (Wildman–Crippen MR) is 148 cm³/mol. The van der Waals surface area contributed by atoms with E-state index in [1.165, 1.54) is 7.11 Å². The molecule has 1 fully saturated rings. The minimum Gasteiger partial charge on any atom is -0.496 e. The molecule has 0 radical (unpaired) electrons. The number of nitrogens with one attached hydrogen (secondary N) is 3. The van der Waals surface area contributed by atoms with Gasteiger partial charge < -0.3 is 25.5 Å². The van der Waals surface area contributed by atoms with Gasteiger partial charge in [0.05, 0.1) is 28.6 Å². The van der Waals surface area contributed by atoms with Crippen molar-refractivity contribution in [2.45, 2.75) is 31.7 Å². The number of aromatic nitrogens is 2. The summed E-state index contributed by atoms with van der Waals surface area (Å²) in [4.78, 5) is 33.9. The van der Waals surface area contributed by atoms with E-state index in [1.807, 2.05) is 6.07 Å². The molecule has 4 aromatic rings. The molecule has 0 bridgehead atoms.